The second-order valence-electron chi connectivity index (χ2n) is 6.58. The van der Waals surface area contributed by atoms with E-state index in [1.54, 1.807) is 12.1 Å². The SMILES string of the molecule is CCN1CC=C2C(C#N)=C(N)C(C#N)(C#N)[C@@H](c3cccc(F)c3)[C@@H]2C1. The topological polar surface area (TPSA) is 101 Å². The predicted molar refractivity (Wildman–Crippen MR) is 93.3 cm³/mol. The lowest BCUT2D eigenvalue weighted by atomic mass is 9.58. The molecule has 0 amide bonds. The first kappa shape index (κ1) is 17.7. The summed E-state index contributed by atoms with van der Waals surface area (Å²) in [6, 6.07) is 12.1. The van der Waals surface area contributed by atoms with Gasteiger partial charge in [0.05, 0.1) is 23.4 Å². The molecular weight excluding hydrogens is 329 g/mol. The number of halogens is 1. The molecule has 1 heterocycles. The quantitative estimate of drug-likeness (QED) is 0.886. The van der Waals surface area contributed by atoms with Gasteiger partial charge in [0, 0.05) is 24.9 Å². The van der Waals surface area contributed by atoms with Crippen LogP contribution >= 0.6 is 0 Å². The third kappa shape index (κ3) is 2.46. The number of hydrogen-bond donors (Lipinski definition) is 1. The van der Waals surface area contributed by atoms with Gasteiger partial charge in [0.25, 0.3) is 0 Å². The highest BCUT2D eigenvalue weighted by Crippen LogP contribution is 2.54. The van der Waals surface area contributed by atoms with Crippen molar-refractivity contribution in [3.8, 4) is 18.2 Å². The number of nitrogens with zero attached hydrogens (tertiary/aromatic N) is 4. The molecule has 130 valence electrons. The zero-order chi connectivity index (χ0) is 18.9. The minimum atomic E-state index is -1.71. The van der Waals surface area contributed by atoms with Crippen LogP contribution < -0.4 is 5.73 Å². The fraction of sp³-hybridized carbons (Fsp3) is 0.350. The van der Waals surface area contributed by atoms with Crippen LogP contribution in [-0.2, 0) is 0 Å². The maximum Gasteiger partial charge on any atom is 0.191 e. The number of nitriles is 3. The van der Waals surface area contributed by atoms with E-state index >= 15 is 0 Å². The van der Waals surface area contributed by atoms with Gasteiger partial charge in [-0.25, -0.2) is 4.39 Å². The lowest BCUT2D eigenvalue weighted by Gasteiger charge is -2.45. The van der Waals surface area contributed by atoms with E-state index in [2.05, 4.69) is 23.1 Å². The lowest BCUT2D eigenvalue weighted by Crippen LogP contribution is -2.48. The Labute approximate surface area is 152 Å². The third-order valence-electron chi connectivity index (χ3n) is 5.40. The number of hydrogen-bond acceptors (Lipinski definition) is 5. The second-order valence-corrected chi connectivity index (χ2v) is 6.58. The molecule has 6 heteroatoms. The Bertz CT molecular complexity index is 911. The van der Waals surface area contributed by atoms with E-state index in [0.717, 1.165) is 12.1 Å². The first-order valence-electron chi connectivity index (χ1n) is 8.43. The number of fused-ring (bicyclic) bond motifs is 1. The molecule has 1 aromatic carbocycles. The van der Waals surface area contributed by atoms with Crippen molar-refractivity contribution >= 4 is 0 Å². The van der Waals surface area contributed by atoms with Crippen LogP contribution in [0.3, 0.4) is 0 Å². The smallest absolute Gasteiger partial charge is 0.191 e. The molecule has 0 fully saturated rings. The van der Waals surface area contributed by atoms with E-state index in [1.165, 1.54) is 12.1 Å². The molecule has 3 rings (SSSR count). The van der Waals surface area contributed by atoms with Gasteiger partial charge in [-0.2, -0.15) is 15.8 Å². The molecular formula is C20H18FN5. The molecule has 0 unspecified atom stereocenters. The van der Waals surface area contributed by atoms with Crippen LogP contribution in [0.5, 0.6) is 0 Å². The van der Waals surface area contributed by atoms with Crippen molar-refractivity contribution in [2.75, 3.05) is 19.6 Å². The monoisotopic (exact) mass is 347 g/mol. The molecule has 2 aliphatic rings. The fourth-order valence-electron chi connectivity index (χ4n) is 4.07. The molecule has 26 heavy (non-hydrogen) atoms. The maximum absolute atomic E-state index is 13.9. The Morgan fingerprint density at radius 1 is 1.31 bits per heavy atom. The summed E-state index contributed by atoms with van der Waals surface area (Å²) in [5, 5.41) is 29.5. The van der Waals surface area contributed by atoms with Crippen molar-refractivity contribution < 1.29 is 4.39 Å². The Hall–Kier alpha value is -3.14. The van der Waals surface area contributed by atoms with Gasteiger partial charge in [-0.05, 0) is 29.8 Å². The molecule has 1 aliphatic carbocycles. The molecule has 2 atom stereocenters. The summed E-state index contributed by atoms with van der Waals surface area (Å²) in [5.41, 5.74) is 5.96. The molecule has 1 aliphatic heterocycles. The summed E-state index contributed by atoms with van der Waals surface area (Å²) in [6.45, 7) is 4.06. The van der Waals surface area contributed by atoms with Crippen LogP contribution in [0.25, 0.3) is 0 Å². The van der Waals surface area contributed by atoms with Gasteiger partial charge in [0.15, 0.2) is 5.41 Å². The van der Waals surface area contributed by atoms with Crippen molar-refractivity contribution in [2.45, 2.75) is 12.8 Å². The van der Waals surface area contributed by atoms with Gasteiger partial charge in [-0.15, -0.1) is 0 Å². The largest absolute Gasteiger partial charge is 0.399 e. The van der Waals surface area contributed by atoms with Crippen molar-refractivity contribution in [3.63, 3.8) is 0 Å². The second kappa shape index (κ2) is 6.64. The van der Waals surface area contributed by atoms with E-state index in [4.69, 9.17) is 5.73 Å². The summed E-state index contributed by atoms with van der Waals surface area (Å²) < 4.78 is 13.9. The van der Waals surface area contributed by atoms with Crippen molar-refractivity contribution in [3.05, 3.63) is 58.6 Å². The predicted octanol–water partition coefficient (Wildman–Crippen LogP) is 2.57. The van der Waals surface area contributed by atoms with Gasteiger partial charge < -0.3 is 5.73 Å². The Balaban J connectivity index is 2.32. The van der Waals surface area contributed by atoms with Crippen LogP contribution in [0.4, 0.5) is 4.39 Å². The summed E-state index contributed by atoms with van der Waals surface area (Å²) >= 11 is 0. The van der Waals surface area contributed by atoms with E-state index in [-0.39, 0.29) is 17.2 Å². The zero-order valence-electron chi connectivity index (χ0n) is 14.4. The first-order valence-corrected chi connectivity index (χ1v) is 8.43. The molecule has 0 saturated heterocycles. The average Bonchev–Trinajstić information content (AvgIpc) is 2.66. The van der Waals surface area contributed by atoms with Gasteiger partial charge >= 0.3 is 0 Å². The average molecular weight is 347 g/mol. The molecule has 5 nitrogen and oxygen atoms in total. The molecule has 1 aromatic rings. The highest BCUT2D eigenvalue weighted by Gasteiger charge is 2.54. The third-order valence-corrected chi connectivity index (χ3v) is 5.40. The van der Waals surface area contributed by atoms with Crippen LogP contribution in [0.15, 0.2) is 47.2 Å². The fourth-order valence-corrected chi connectivity index (χ4v) is 4.07. The number of rotatable bonds is 2. The van der Waals surface area contributed by atoms with Crippen LogP contribution in [0, 0.1) is 51.1 Å². The van der Waals surface area contributed by atoms with Crippen LogP contribution in [0.1, 0.15) is 18.4 Å². The summed E-state index contributed by atoms with van der Waals surface area (Å²) in [6.07, 6.45) is 1.94. The molecule has 2 N–H and O–H groups in total. The van der Waals surface area contributed by atoms with E-state index in [0.29, 0.717) is 18.7 Å². The minimum absolute atomic E-state index is 0.0355. The molecule has 0 aromatic heterocycles. The Kier molecular flexibility index (Phi) is 4.51. The number of benzene rings is 1. The van der Waals surface area contributed by atoms with E-state index < -0.39 is 17.2 Å². The lowest BCUT2D eigenvalue weighted by molar-refractivity contribution is 0.214. The van der Waals surface area contributed by atoms with E-state index in [1.807, 2.05) is 13.0 Å². The standard InChI is InChI=1S/C20H18FN5/c1-2-26-7-6-15-16(9-22)19(25)20(11-23,12-24)18(17(15)10-26)13-4-3-5-14(21)8-13/h3-6,8,17-18H,2,7,10,25H2,1H3/t17-,18+/m1/s1. The number of likely N-dealkylation sites (N-methyl/N-ethyl adjacent to an activating group) is 1. The molecule has 0 radical (unpaired) electrons. The summed E-state index contributed by atoms with van der Waals surface area (Å²) in [7, 11) is 0. The van der Waals surface area contributed by atoms with E-state index in [9.17, 15) is 20.2 Å². The Morgan fingerprint density at radius 3 is 2.62 bits per heavy atom. The van der Waals surface area contributed by atoms with Gasteiger partial charge in [-0.1, -0.05) is 25.1 Å². The van der Waals surface area contributed by atoms with Crippen LogP contribution in [0.2, 0.25) is 0 Å². The highest BCUT2D eigenvalue weighted by molar-refractivity contribution is 5.59. The Morgan fingerprint density at radius 2 is 2.04 bits per heavy atom. The van der Waals surface area contributed by atoms with Gasteiger partial charge in [-0.3, -0.25) is 4.90 Å². The molecule has 0 saturated carbocycles. The van der Waals surface area contributed by atoms with Crippen LogP contribution in [-0.4, -0.2) is 24.5 Å². The maximum atomic E-state index is 13.9. The molecule has 0 spiro atoms. The number of nitrogens with two attached hydrogens (primary N) is 1. The van der Waals surface area contributed by atoms with Crippen molar-refractivity contribution in [2.24, 2.45) is 17.1 Å². The normalized spacial score (nSPS) is 24.7. The van der Waals surface area contributed by atoms with Gasteiger partial charge in [0.1, 0.15) is 11.9 Å². The highest BCUT2D eigenvalue weighted by atomic mass is 19.1. The van der Waals surface area contributed by atoms with Crippen molar-refractivity contribution in [1.82, 2.24) is 4.90 Å². The van der Waals surface area contributed by atoms with Gasteiger partial charge in [0.2, 0.25) is 0 Å². The zero-order valence-corrected chi connectivity index (χ0v) is 14.4. The minimum Gasteiger partial charge on any atom is -0.399 e. The van der Waals surface area contributed by atoms with Crippen molar-refractivity contribution in [1.29, 1.82) is 15.8 Å². The summed E-state index contributed by atoms with van der Waals surface area (Å²) in [4.78, 5) is 2.16. The summed E-state index contributed by atoms with van der Waals surface area (Å²) in [5.74, 6) is -1.37. The number of allylic oxidation sites excluding steroid dienone is 2. The first-order chi connectivity index (χ1) is 12.5. The molecule has 0 bridgehead atoms.